The van der Waals surface area contributed by atoms with E-state index in [1.807, 2.05) is 0 Å². The van der Waals surface area contributed by atoms with Gasteiger partial charge in [0.15, 0.2) is 3.95 Å². The second-order valence-electron chi connectivity index (χ2n) is 5.34. The Labute approximate surface area is 162 Å². The molecule has 2 aromatic heterocycles. The highest BCUT2D eigenvalue weighted by atomic mass is 32.1. The van der Waals surface area contributed by atoms with Crippen molar-refractivity contribution >= 4 is 47.4 Å². The zero-order valence-corrected chi connectivity index (χ0v) is 15.8. The molecular formula is C18H14N2O5S2. The molecule has 0 unspecified atom stereocenters. The van der Waals surface area contributed by atoms with E-state index in [9.17, 15) is 14.9 Å². The number of hydrogen-bond donors (Lipinski definition) is 1. The summed E-state index contributed by atoms with van der Waals surface area (Å²) in [5, 5.41) is 11.5. The van der Waals surface area contributed by atoms with E-state index in [1.54, 1.807) is 37.3 Å². The van der Waals surface area contributed by atoms with Gasteiger partial charge in [-0.1, -0.05) is 12.1 Å². The molecule has 0 aliphatic carbocycles. The highest BCUT2D eigenvalue weighted by molar-refractivity contribution is 7.73. The van der Waals surface area contributed by atoms with Crippen LogP contribution in [0.5, 0.6) is 0 Å². The molecule has 0 saturated carbocycles. The second kappa shape index (κ2) is 8.11. The van der Waals surface area contributed by atoms with E-state index in [-0.39, 0.29) is 12.3 Å². The van der Waals surface area contributed by atoms with Crippen molar-refractivity contribution in [2.75, 3.05) is 6.61 Å². The fraction of sp³-hybridized carbons (Fsp3) is 0.111. The lowest BCUT2D eigenvalue weighted by molar-refractivity contribution is -0.384. The number of benzene rings is 1. The Morgan fingerprint density at radius 2 is 2.22 bits per heavy atom. The van der Waals surface area contributed by atoms with Gasteiger partial charge in [-0.05, 0) is 31.3 Å². The standard InChI is InChI=1S/C18H14N2O5S2/c1-2-24-17(21)10-14-16(27-18(26)19-14)9-13-6-7-15(25-13)11-4-3-5-12(8-11)20(22)23/h3-10H,2H2,1H3,(H,19,26)/b14-10-,16-9-. The summed E-state index contributed by atoms with van der Waals surface area (Å²) in [5.74, 6) is 0.563. The molecule has 0 radical (unpaired) electrons. The SMILES string of the molecule is CCOC(=O)/C=c1\[nH]c(=S)s\c1=C/c1ccc(-c2cccc([N+](=O)[O-])c2)o1. The predicted molar refractivity (Wildman–Crippen MR) is 104 cm³/mol. The average molecular weight is 402 g/mol. The molecule has 0 spiro atoms. The van der Waals surface area contributed by atoms with Crippen LogP contribution in [0.2, 0.25) is 0 Å². The van der Waals surface area contributed by atoms with Gasteiger partial charge in [-0.15, -0.1) is 11.3 Å². The fourth-order valence-corrected chi connectivity index (χ4v) is 3.49. The van der Waals surface area contributed by atoms with Gasteiger partial charge in [-0.2, -0.15) is 0 Å². The van der Waals surface area contributed by atoms with E-state index >= 15 is 0 Å². The summed E-state index contributed by atoms with van der Waals surface area (Å²) in [6.45, 7) is 2.01. The number of carbonyl (C=O) groups excluding carboxylic acids is 1. The van der Waals surface area contributed by atoms with Crippen molar-refractivity contribution in [1.82, 2.24) is 4.98 Å². The normalized spacial score (nSPS) is 12.3. The van der Waals surface area contributed by atoms with E-state index in [4.69, 9.17) is 21.4 Å². The molecule has 3 rings (SSSR count). The summed E-state index contributed by atoms with van der Waals surface area (Å²) in [5.41, 5.74) is 0.591. The number of ether oxygens (including phenoxy) is 1. The second-order valence-corrected chi connectivity index (χ2v) is 7.06. The van der Waals surface area contributed by atoms with Crippen molar-refractivity contribution in [2.45, 2.75) is 6.92 Å². The molecule has 7 nitrogen and oxygen atoms in total. The maximum absolute atomic E-state index is 11.7. The number of nitrogens with zero attached hydrogens (tertiary/aromatic N) is 1. The van der Waals surface area contributed by atoms with Gasteiger partial charge in [-0.3, -0.25) is 10.1 Å². The van der Waals surface area contributed by atoms with Crippen LogP contribution in [-0.4, -0.2) is 22.5 Å². The summed E-state index contributed by atoms with van der Waals surface area (Å²) in [7, 11) is 0. The molecule has 0 aliphatic rings. The Hall–Kier alpha value is -3.04. The van der Waals surface area contributed by atoms with Gasteiger partial charge in [0.05, 0.1) is 21.4 Å². The maximum atomic E-state index is 11.7. The van der Waals surface area contributed by atoms with Crippen LogP contribution in [0.1, 0.15) is 12.7 Å². The van der Waals surface area contributed by atoms with Crippen LogP contribution in [0.3, 0.4) is 0 Å². The molecule has 2 heterocycles. The topological polar surface area (TPSA) is 98.4 Å². The van der Waals surface area contributed by atoms with Crippen LogP contribution in [-0.2, 0) is 9.53 Å². The lowest BCUT2D eigenvalue weighted by Gasteiger charge is -1.96. The average Bonchev–Trinajstić information content (AvgIpc) is 3.22. The number of H-pyrrole nitrogens is 1. The quantitative estimate of drug-likeness (QED) is 0.305. The Kier molecular flexibility index (Phi) is 5.63. The van der Waals surface area contributed by atoms with Gasteiger partial charge >= 0.3 is 5.97 Å². The van der Waals surface area contributed by atoms with Crippen molar-refractivity contribution in [1.29, 1.82) is 0 Å². The number of nitrogens with one attached hydrogen (secondary N) is 1. The number of carbonyl (C=O) groups is 1. The molecule has 0 aliphatic heterocycles. The smallest absolute Gasteiger partial charge is 0.332 e. The van der Waals surface area contributed by atoms with Gasteiger partial charge in [0.2, 0.25) is 0 Å². The molecule has 0 saturated heterocycles. The minimum absolute atomic E-state index is 0.00985. The van der Waals surface area contributed by atoms with Crippen LogP contribution in [0.4, 0.5) is 5.69 Å². The molecule has 0 atom stereocenters. The highest BCUT2D eigenvalue weighted by Crippen LogP contribution is 2.25. The summed E-state index contributed by atoms with van der Waals surface area (Å²) in [4.78, 5) is 25.1. The van der Waals surface area contributed by atoms with Gasteiger partial charge in [-0.25, -0.2) is 4.79 Å². The minimum Gasteiger partial charge on any atom is -0.463 e. The number of non-ortho nitro benzene ring substituents is 1. The number of hydrogen-bond acceptors (Lipinski definition) is 7. The number of nitro benzene ring substituents is 1. The number of aromatic nitrogens is 1. The van der Waals surface area contributed by atoms with Gasteiger partial charge in [0, 0.05) is 29.8 Å². The number of thiazole rings is 1. The van der Waals surface area contributed by atoms with Gasteiger partial charge in [0.25, 0.3) is 5.69 Å². The summed E-state index contributed by atoms with van der Waals surface area (Å²) in [6, 6.07) is 9.67. The monoisotopic (exact) mass is 402 g/mol. The van der Waals surface area contributed by atoms with Gasteiger partial charge < -0.3 is 14.1 Å². The molecule has 27 heavy (non-hydrogen) atoms. The van der Waals surface area contributed by atoms with Crippen molar-refractivity contribution in [3.8, 4) is 11.3 Å². The molecule has 1 N–H and O–H groups in total. The van der Waals surface area contributed by atoms with Crippen LogP contribution in [0, 0.1) is 14.1 Å². The summed E-state index contributed by atoms with van der Waals surface area (Å²) in [6.07, 6.45) is 3.08. The lowest BCUT2D eigenvalue weighted by Crippen LogP contribution is -2.23. The van der Waals surface area contributed by atoms with E-state index < -0.39 is 10.9 Å². The molecule has 9 heteroatoms. The van der Waals surface area contributed by atoms with E-state index in [2.05, 4.69) is 4.98 Å². The first-order valence-electron chi connectivity index (χ1n) is 7.90. The van der Waals surface area contributed by atoms with Crippen molar-refractivity contribution in [3.63, 3.8) is 0 Å². The van der Waals surface area contributed by atoms with E-state index in [0.29, 0.717) is 30.9 Å². The minimum atomic E-state index is -0.465. The molecule has 0 amide bonds. The zero-order valence-electron chi connectivity index (χ0n) is 14.1. The molecule has 0 fully saturated rings. The number of nitro groups is 1. The first-order chi connectivity index (χ1) is 13.0. The van der Waals surface area contributed by atoms with Gasteiger partial charge in [0.1, 0.15) is 11.5 Å². The maximum Gasteiger partial charge on any atom is 0.332 e. The molecule has 0 bridgehead atoms. The van der Waals surface area contributed by atoms with E-state index in [1.165, 1.54) is 29.5 Å². The zero-order chi connectivity index (χ0) is 19.4. The summed E-state index contributed by atoms with van der Waals surface area (Å²) >= 11 is 6.45. The van der Waals surface area contributed by atoms with Crippen molar-refractivity contribution in [2.24, 2.45) is 0 Å². The third kappa shape index (κ3) is 4.57. The Morgan fingerprint density at radius 1 is 1.41 bits per heavy atom. The van der Waals surface area contributed by atoms with Crippen molar-refractivity contribution < 1.29 is 18.9 Å². The lowest BCUT2D eigenvalue weighted by atomic mass is 10.1. The molecule has 138 valence electrons. The fourth-order valence-electron chi connectivity index (χ4n) is 2.36. The van der Waals surface area contributed by atoms with Crippen LogP contribution < -0.4 is 9.88 Å². The summed E-state index contributed by atoms with van der Waals surface area (Å²) < 4.78 is 11.9. The first kappa shape index (κ1) is 18.7. The largest absolute Gasteiger partial charge is 0.463 e. The van der Waals surface area contributed by atoms with Crippen LogP contribution in [0.15, 0.2) is 40.8 Å². The Morgan fingerprint density at radius 3 is 2.96 bits per heavy atom. The third-order valence-electron chi connectivity index (χ3n) is 3.50. The molecule has 3 aromatic rings. The number of rotatable bonds is 5. The Balaban J connectivity index is 1.99. The predicted octanol–water partition coefficient (Wildman–Crippen LogP) is 3.15. The highest BCUT2D eigenvalue weighted by Gasteiger charge is 2.10. The number of esters is 1. The first-order valence-corrected chi connectivity index (χ1v) is 9.12. The van der Waals surface area contributed by atoms with Crippen molar-refractivity contribution in [3.05, 3.63) is 66.1 Å². The van der Waals surface area contributed by atoms with E-state index in [0.717, 1.165) is 0 Å². The molecule has 1 aromatic carbocycles. The van der Waals surface area contributed by atoms with Crippen LogP contribution >= 0.6 is 23.6 Å². The molecular weight excluding hydrogens is 388 g/mol. The Bertz CT molecular complexity index is 1170. The number of aromatic amines is 1. The third-order valence-corrected chi connectivity index (χ3v) is 4.69. The van der Waals surface area contributed by atoms with Crippen LogP contribution in [0.25, 0.3) is 23.5 Å². The number of furan rings is 1.